The van der Waals surface area contributed by atoms with Crippen molar-refractivity contribution < 1.29 is 26.4 Å². The van der Waals surface area contributed by atoms with Crippen LogP contribution in [0.2, 0.25) is 0 Å². The number of hydrogen-bond donors (Lipinski definition) is 1. The summed E-state index contributed by atoms with van der Waals surface area (Å²) < 4.78 is 60.7. The number of carbonyl (C=O) groups excluding carboxylic acids is 1. The summed E-state index contributed by atoms with van der Waals surface area (Å²) in [6, 6.07) is 2.90. The summed E-state index contributed by atoms with van der Waals surface area (Å²) in [5.74, 6) is -3.37. The van der Waals surface area contributed by atoms with Crippen molar-refractivity contribution in [1.29, 1.82) is 0 Å². The molecule has 2 aromatic heterocycles. The quantitative estimate of drug-likeness (QED) is 0.828. The maximum atomic E-state index is 14.4. The van der Waals surface area contributed by atoms with E-state index < -0.39 is 40.2 Å². The van der Waals surface area contributed by atoms with Gasteiger partial charge in [-0.05, 0) is 25.0 Å². The third-order valence-corrected chi connectivity index (χ3v) is 8.29. The molecular formula is C16H17F2N3O4S2. The Labute approximate surface area is 158 Å². The van der Waals surface area contributed by atoms with Gasteiger partial charge in [0.2, 0.25) is 5.91 Å². The third-order valence-electron chi connectivity index (χ3n) is 4.93. The van der Waals surface area contributed by atoms with Gasteiger partial charge in [-0.3, -0.25) is 4.79 Å². The molecular weight excluding hydrogens is 400 g/mol. The number of amides is 1. The summed E-state index contributed by atoms with van der Waals surface area (Å²) in [7, 11) is -4.17. The van der Waals surface area contributed by atoms with Crippen LogP contribution < -0.4 is 5.32 Å². The molecule has 4 rings (SSSR count). The van der Waals surface area contributed by atoms with Crippen molar-refractivity contribution in [1.82, 2.24) is 14.6 Å². The number of rotatable bonds is 3. The predicted octanol–water partition coefficient (Wildman–Crippen LogP) is 2.33. The predicted molar refractivity (Wildman–Crippen MR) is 92.8 cm³/mol. The molecule has 7 nitrogen and oxygen atoms in total. The highest BCUT2D eigenvalue weighted by molar-refractivity contribution is 7.91. The molecule has 2 aromatic rings. The Bertz CT molecular complexity index is 958. The Morgan fingerprint density at radius 2 is 2.11 bits per heavy atom. The molecule has 4 heterocycles. The SMILES string of the molecule is O=C1NCCCC12CN(S(=O)(=O)c1ccc(-c3cnco3)s1)CC(F)(F)C2. The Hall–Kier alpha value is -1.85. The average molecular weight is 417 g/mol. The normalized spacial score (nSPS) is 26.2. The fourth-order valence-electron chi connectivity index (χ4n) is 3.73. The number of alkyl halides is 2. The molecule has 0 aliphatic carbocycles. The van der Waals surface area contributed by atoms with Gasteiger partial charge >= 0.3 is 0 Å². The summed E-state index contributed by atoms with van der Waals surface area (Å²) in [4.78, 5) is 16.7. The lowest BCUT2D eigenvalue weighted by molar-refractivity contribution is -0.151. The highest BCUT2D eigenvalue weighted by Crippen LogP contribution is 2.45. The standard InChI is InChI=1S/C16H17F2N3O4S2/c17-16(18)7-15(4-1-5-20-14(15)22)8-21(9-16)27(23,24)13-3-2-12(26-13)11-6-19-10-25-11/h2-3,6,10H,1,4-5,7-9H2,(H,20,22). The van der Waals surface area contributed by atoms with Crippen molar-refractivity contribution in [2.75, 3.05) is 19.6 Å². The molecule has 0 bridgehead atoms. The zero-order valence-corrected chi connectivity index (χ0v) is 15.8. The van der Waals surface area contributed by atoms with Gasteiger partial charge in [0.25, 0.3) is 15.9 Å². The number of nitrogens with one attached hydrogen (secondary N) is 1. The second-order valence-electron chi connectivity index (χ2n) is 6.93. The molecule has 27 heavy (non-hydrogen) atoms. The molecule has 0 aromatic carbocycles. The molecule has 0 saturated carbocycles. The number of hydrogen-bond acceptors (Lipinski definition) is 6. The van der Waals surface area contributed by atoms with E-state index >= 15 is 0 Å². The van der Waals surface area contributed by atoms with Crippen molar-refractivity contribution in [2.24, 2.45) is 5.41 Å². The average Bonchev–Trinajstić information content (AvgIpc) is 3.27. The van der Waals surface area contributed by atoms with Gasteiger partial charge in [-0.25, -0.2) is 22.2 Å². The van der Waals surface area contributed by atoms with Crippen LogP contribution in [-0.2, 0) is 14.8 Å². The van der Waals surface area contributed by atoms with Crippen LogP contribution in [0.15, 0.2) is 33.3 Å². The number of oxazole rings is 1. The molecule has 0 radical (unpaired) electrons. The van der Waals surface area contributed by atoms with Gasteiger partial charge in [-0.1, -0.05) is 0 Å². The first-order valence-corrected chi connectivity index (χ1v) is 10.6. The largest absolute Gasteiger partial charge is 0.443 e. The lowest BCUT2D eigenvalue weighted by Gasteiger charge is -2.45. The van der Waals surface area contributed by atoms with Crippen LogP contribution in [0.4, 0.5) is 8.78 Å². The minimum Gasteiger partial charge on any atom is -0.443 e. The van der Waals surface area contributed by atoms with Crippen LogP contribution in [0.1, 0.15) is 19.3 Å². The topological polar surface area (TPSA) is 92.5 Å². The first kappa shape index (κ1) is 18.5. The zero-order chi connectivity index (χ0) is 19.3. The van der Waals surface area contributed by atoms with Crippen molar-refractivity contribution in [2.45, 2.75) is 29.4 Å². The minimum atomic E-state index is -4.17. The van der Waals surface area contributed by atoms with E-state index in [0.717, 1.165) is 15.6 Å². The van der Waals surface area contributed by atoms with Crippen LogP contribution in [0.3, 0.4) is 0 Å². The zero-order valence-electron chi connectivity index (χ0n) is 14.2. The maximum Gasteiger partial charge on any atom is 0.262 e. The summed E-state index contributed by atoms with van der Waals surface area (Å²) in [5.41, 5.74) is -1.39. The number of aromatic nitrogens is 1. The number of nitrogens with zero attached hydrogens (tertiary/aromatic N) is 2. The Balaban J connectivity index is 1.67. The number of thiophene rings is 1. The minimum absolute atomic E-state index is 0.0713. The molecule has 11 heteroatoms. The fraction of sp³-hybridized carbons (Fsp3) is 0.500. The first-order chi connectivity index (χ1) is 12.7. The summed E-state index contributed by atoms with van der Waals surface area (Å²) in [6.45, 7) is -0.753. The Morgan fingerprint density at radius 3 is 2.81 bits per heavy atom. The number of piperidine rings is 2. The molecule has 1 amide bonds. The van der Waals surface area contributed by atoms with Crippen LogP contribution in [0.25, 0.3) is 10.6 Å². The number of carbonyl (C=O) groups is 1. The van der Waals surface area contributed by atoms with E-state index in [4.69, 9.17) is 4.42 Å². The van der Waals surface area contributed by atoms with Gasteiger partial charge in [-0.15, -0.1) is 11.3 Å². The van der Waals surface area contributed by atoms with Crippen molar-refractivity contribution in [3.63, 3.8) is 0 Å². The molecule has 2 aliphatic rings. The van der Waals surface area contributed by atoms with Crippen LogP contribution in [-0.4, -0.2) is 49.2 Å². The highest BCUT2D eigenvalue weighted by atomic mass is 32.2. The van der Waals surface area contributed by atoms with Gasteiger partial charge in [-0.2, -0.15) is 4.31 Å². The van der Waals surface area contributed by atoms with Crippen LogP contribution in [0, 0.1) is 5.41 Å². The van der Waals surface area contributed by atoms with Crippen molar-refractivity contribution in [3.05, 3.63) is 24.7 Å². The van der Waals surface area contributed by atoms with E-state index in [1.807, 2.05) is 0 Å². The van der Waals surface area contributed by atoms with E-state index in [1.165, 1.54) is 18.7 Å². The molecule has 146 valence electrons. The maximum absolute atomic E-state index is 14.4. The van der Waals surface area contributed by atoms with E-state index in [-0.39, 0.29) is 17.2 Å². The summed E-state index contributed by atoms with van der Waals surface area (Å²) in [5, 5.41) is 2.60. The second kappa shape index (κ2) is 6.35. The van der Waals surface area contributed by atoms with E-state index in [2.05, 4.69) is 10.3 Å². The van der Waals surface area contributed by atoms with E-state index in [0.29, 0.717) is 23.6 Å². The lowest BCUT2D eigenvalue weighted by atomic mass is 9.73. The van der Waals surface area contributed by atoms with Gasteiger partial charge < -0.3 is 9.73 Å². The van der Waals surface area contributed by atoms with Crippen molar-refractivity contribution in [3.8, 4) is 10.6 Å². The Kier molecular flexibility index (Phi) is 4.35. The highest BCUT2D eigenvalue weighted by Gasteiger charge is 2.56. The van der Waals surface area contributed by atoms with Gasteiger partial charge in [0.1, 0.15) is 4.21 Å². The monoisotopic (exact) mass is 417 g/mol. The fourth-order valence-corrected chi connectivity index (χ4v) is 6.70. The van der Waals surface area contributed by atoms with Crippen LogP contribution >= 0.6 is 11.3 Å². The van der Waals surface area contributed by atoms with E-state index in [1.54, 1.807) is 6.07 Å². The van der Waals surface area contributed by atoms with Gasteiger partial charge in [0, 0.05) is 19.5 Å². The van der Waals surface area contributed by atoms with Crippen molar-refractivity contribution >= 4 is 27.3 Å². The smallest absolute Gasteiger partial charge is 0.262 e. The summed E-state index contributed by atoms with van der Waals surface area (Å²) in [6.07, 6.45) is 2.82. The van der Waals surface area contributed by atoms with E-state index in [9.17, 15) is 22.0 Å². The first-order valence-electron chi connectivity index (χ1n) is 8.37. The Morgan fingerprint density at radius 1 is 1.30 bits per heavy atom. The molecule has 2 aliphatic heterocycles. The second-order valence-corrected chi connectivity index (χ2v) is 10.2. The van der Waals surface area contributed by atoms with Crippen LogP contribution in [0.5, 0.6) is 0 Å². The molecule has 1 atom stereocenters. The molecule has 1 unspecified atom stereocenters. The number of halogens is 2. The van der Waals surface area contributed by atoms with Gasteiger partial charge in [0.05, 0.1) is 23.0 Å². The molecule has 1 spiro atoms. The third kappa shape index (κ3) is 3.27. The molecule has 2 fully saturated rings. The van der Waals surface area contributed by atoms with Gasteiger partial charge in [0.15, 0.2) is 12.2 Å². The molecule has 2 saturated heterocycles. The lowest BCUT2D eigenvalue weighted by Crippen LogP contribution is -2.61. The molecule has 1 N–H and O–H groups in total. The summed E-state index contributed by atoms with van der Waals surface area (Å²) >= 11 is 0.918. The number of sulfonamides is 1.